The first kappa shape index (κ1) is 16.7. The fourth-order valence-corrected chi connectivity index (χ4v) is 4.92. The van der Waals surface area contributed by atoms with Gasteiger partial charge in [-0.15, -0.1) is 0 Å². The van der Waals surface area contributed by atoms with Crippen LogP contribution in [-0.4, -0.2) is 65.1 Å². The van der Waals surface area contributed by atoms with E-state index in [9.17, 15) is 4.79 Å². The molecule has 1 amide bonds. The summed E-state index contributed by atoms with van der Waals surface area (Å²) in [6.45, 7) is 6.55. The van der Waals surface area contributed by atoms with Gasteiger partial charge in [0.05, 0.1) is 5.54 Å². The third kappa shape index (κ3) is 3.11. The number of amides is 1. The summed E-state index contributed by atoms with van der Waals surface area (Å²) in [4.78, 5) is 22.0. The van der Waals surface area contributed by atoms with E-state index in [0.29, 0.717) is 6.04 Å². The van der Waals surface area contributed by atoms with Crippen LogP contribution in [0.3, 0.4) is 0 Å². The molecule has 0 saturated carbocycles. The second-order valence-electron chi connectivity index (χ2n) is 7.53. The van der Waals surface area contributed by atoms with Crippen molar-refractivity contribution in [3.63, 3.8) is 0 Å². The fraction of sp³-hybridized carbons (Fsp3) is 0.600. The summed E-state index contributed by atoms with van der Waals surface area (Å²) in [7, 11) is 0. The van der Waals surface area contributed by atoms with Gasteiger partial charge in [-0.05, 0) is 62.4 Å². The lowest BCUT2D eigenvalue weighted by molar-refractivity contribution is -0.149. The van der Waals surface area contributed by atoms with Crippen LogP contribution in [0.15, 0.2) is 24.5 Å². The zero-order valence-electron chi connectivity index (χ0n) is 15.0. The minimum atomic E-state index is -0.0424. The van der Waals surface area contributed by atoms with Crippen LogP contribution in [0, 0.1) is 6.92 Å². The van der Waals surface area contributed by atoms with Crippen LogP contribution in [0.5, 0.6) is 0 Å². The van der Waals surface area contributed by atoms with Crippen LogP contribution < -0.4 is 0 Å². The van der Waals surface area contributed by atoms with E-state index in [1.165, 1.54) is 19.4 Å². The third-order valence-electron chi connectivity index (χ3n) is 6.07. The minimum Gasteiger partial charge on any atom is -0.381 e. The van der Waals surface area contributed by atoms with Crippen LogP contribution in [0.25, 0.3) is 6.08 Å². The van der Waals surface area contributed by atoms with Gasteiger partial charge in [0, 0.05) is 50.8 Å². The molecule has 1 aromatic rings. The van der Waals surface area contributed by atoms with Crippen molar-refractivity contribution in [2.75, 3.05) is 32.8 Å². The lowest BCUT2D eigenvalue weighted by atomic mass is 9.77. The van der Waals surface area contributed by atoms with E-state index >= 15 is 0 Å². The van der Waals surface area contributed by atoms with Crippen molar-refractivity contribution in [1.29, 1.82) is 0 Å². The van der Waals surface area contributed by atoms with Crippen molar-refractivity contribution in [1.82, 2.24) is 14.8 Å². The van der Waals surface area contributed by atoms with E-state index < -0.39 is 0 Å². The Kier molecular flexibility index (Phi) is 4.61. The molecule has 1 spiro atoms. The predicted octanol–water partition coefficient (Wildman–Crippen LogP) is 2.26. The molecule has 25 heavy (non-hydrogen) atoms. The van der Waals surface area contributed by atoms with Gasteiger partial charge in [-0.1, -0.05) is 0 Å². The van der Waals surface area contributed by atoms with Gasteiger partial charge >= 0.3 is 0 Å². The third-order valence-corrected chi connectivity index (χ3v) is 6.07. The highest BCUT2D eigenvalue weighted by Crippen LogP contribution is 2.41. The molecule has 5 nitrogen and oxygen atoms in total. The molecular formula is C20H27N3O2. The molecule has 0 aromatic carbocycles. The van der Waals surface area contributed by atoms with Crippen molar-refractivity contribution < 1.29 is 9.53 Å². The molecule has 0 aliphatic carbocycles. The number of aromatic nitrogens is 1. The summed E-state index contributed by atoms with van der Waals surface area (Å²) in [5.41, 5.74) is 2.04. The van der Waals surface area contributed by atoms with Crippen LogP contribution in [0.2, 0.25) is 0 Å². The van der Waals surface area contributed by atoms with Gasteiger partial charge in [0.25, 0.3) is 0 Å². The second kappa shape index (κ2) is 6.89. The maximum absolute atomic E-state index is 13.1. The lowest BCUT2D eigenvalue weighted by Gasteiger charge is -2.55. The maximum atomic E-state index is 13.1. The van der Waals surface area contributed by atoms with E-state index in [1.807, 2.05) is 19.2 Å². The molecule has 0 bridgehead atoms. The largest absolute Gasteiger partial charge is 0.381 e. The van der Waals surface area contributed by atoms with Gasteiger partial charge in [-0.25, -0.2) is 0 Å². The van der Waals surface area contributed by atoms with Gasteiger partial charge < -0.3 is 9.64 Å². The predicted molar refractivity (Wildman–Crippen MR) is 97.1 cm³/mol. The number of piperazine rings is 1. The summed E-state index contributed by atoms with van der Waals surface area (Å²) >= 11 is 0. The Hall–Kier alpha value is -1.72. The van der Waals surface area contributed by atoms with Crippen LogP contribution in [0.4, 0.5) is 0 Å². The number of hydrogen-bond acceptors (Lipinski definition) is 4. The van der Waals surface area contributed by atoms with Crippen molar-refractivity contribution in [3.05, 3.63) is 35.7 Å². The molecule has 5 heteroatoms. The zero-order valence-corrected chi connectivity index (χ0v) is 15.0. The van der Waals surface area contributed by atoms with E-state index in [1.54, 1.807) is 12.3 Å². The van der Waals surface area contributed by atoms with Gasteiger partial charge in [-0.3, -0.25) is 14.7 Å². The Morgan fingerprint density at radius 3 is 2.92 bits per heavy atom. The molecule has 3 fully saturated rings. The number of pyridine rings is 1. The highest BCUT2D eigenvalue weighted by atomic mass is 16.5. The molecule has 4 rings (SSSR count). The highest BCUT2D eigenvalue weighted by molar-refractivity contribution is 5.92. The molecule has 3 aliphatic heterocycles. The van der Waals surface area contributed by atoms with Crippen molar-refractivity contribution in [2.45, 2.75) is 44.2 Å². The van der Waals surface area contributed by atoms with Crippen molar-refractivity contribution >= 4 is 12.0 Å². The van der Waals surface area contributed by atoms with Crippen molar-refractivity contribution in [3.8, 4) is 0 Å². The molecule has 0 N–H and O–H groups in total. The normalized spacial score (nSPS) is 26.3. The Labute approximate surface area is 149 Å². The number of fused-ring (bicyclic) bond motifs is 2. The quantitative estimate of drug-likeness (QED) is 0.774. The number of ether oxygens (including phenoxy) is 1. The monoisotopic (exact) mass is 341 g/mol. The van der Waals surface area contributed by atoms with E-state index in [-0.39, 0.29) is 11.4 Å². The van der Waals surface area contributed by atoms with Crippen LogP contribution in [0.1, 0.15) is 36.8 Å². The van der Waals surface area contributed by atoms with E-state index in [4.69, 9.17) is 4.74 Å². The molecule has 0 radical (unpaired) electrons. The number of hydrogen-bond donors (Lipinski definition) is 0. The van der Waals surface area contributed by atoms with Crippen LogP contribution >= 0.6 is 0 Å². The molecule has 4 heterocycles. The van der Waals surface area contributed by atoms with Crippen LogP contribution in [-0.2, 0) is 9.53 Å². The number of carbonyl (C=O) groups is 1. The molecule has 3 aliphatic rings. The first-order valence-electron chi connectivity index (χ1n) is 9.42. The average Bonchev–Trinajstić information content (AvgIpc) is 3.11. The summed E-state index contributed by atoms with van der Waals surface area (Å²) < 4.78 is 5.63. The molecule has 3 saturated heterocycles. The Morgan fingerprint density at radius 1 is 1.28 bits per heavy atom. The van der Waals surface area contributed by atoms with E-state index in [0.717, 1.165) is 50.3 Å². The first-order chi connectivity index (χ1) is 12.2. The Morgan fingerprint density at radius 2 is 2.12 bits per heavy atom. The smallest absolute Gasteiger partial charge is 0.247 e. The van der Waals surface area contributed by atoms with E-state index in [2.05, 4.69) is 20.9 Å². The second-order valence-corrected chi connectivity index (χ2v) is 7.53. The zero-order chi connectivity index (χ0) is 17.3. The Balaban J connectivity index is 1.57. The highest BCUT2D eigenvalue weighted by Gasteiger charge is 2.52. The number of aryl methyl sites for hydroxylation is 1. The summed E-state index contributed by atoms with van der Waals surface area (Å²) in [5.74, 6) is 0.134. The van der Waals surface area contributed by atoms with Gasteiger partial charge in [0.2, 0.25) is 5.91 Å². The maximum Gasteiger partial charge on any atom is 0.247 e. The lowest BCUT2D eigenvalue weighted by Crippen LogP contribution is -2.69. The molecule has 1 unspecified atom stereocenters. The Bertz CT molecular complexity index is 667. The number of carbonyl (C=O) groups excluding carboxylic acids is 1. The van der Waals surface area contributed by atoms with Gasteiger partial charge in [-0.2, -0.15) is 0 Å². The summed E-state index contributed by atoms with van der Waals surface area (Å²) in [5, 5.41) is 0. The number of nitrogens with zero attached hydrogens (tertiary/aromatic N) is 3. The average molecular weight is 341 g/mol. The fourth-order valence-electron chi connectivity index (χ4n) is 4.92. The minimum absolute atomic E-state index is 0.0424. The standard InChI is InChI=1S/C20H27N3O2/c1-16-13-17(15-21-14-16)4-5-19(24)23-10-9-22-8-2-3-18(22)20(23)6-11-25-12-7-20/h4-5,13-15,18H,2-3,6-12H2,1H3/b5-4+. The van der Waals surface area contributed by atoms with Gasteiger partial charge in [0.1, 0.15) is 0 Å². The van der Waals surface area contributed by atoms with Gasteiger partial charge in [0.15, 0.2) is 0 Å². The summed E-state index contributed by atoms with van der Waals surface area (Å²) in [6, 6.07) is 2.55. The SMILES string of the molecule is Cc1cncc(/C=C/C(=O)N2CCN3CCCC3C23CCOCC3)c1. The number of rotatable bonds is 2. The molecular weight excluding hydrogens is 314 g/mol. The molecule has 1 aromatic heterocycles. The molecule has 134 valence electrons. The summed E-state index contributed by atoms with van der Waals surface area (Å²) in [6.07, 6.45) is 11.6. The van der Waals surface area contributed by atoms with Crippen molar-refractivity contribution in [2.24, 2.45) is 0 Å². The topological polar surface area (TPSA) is 45.7 Å². The first-order valence-corrected chi connectivity index (χ1v) is 9.42. The molecule has 1 atom stereocenters.